The Morgan fingerprint density at radius 1 is 1.58 bits per heavy atom. The highest BCUT2D eigenvalue weighted by Crippen LogP contribution is 2.28. The van der Waals surface area contributed by atoms with Gasteiger partial charge in [0, 0.05) is 30.8 Å². The zero-order valence-electron chi connectivity index (χ0n) is 12.4. The Hall–Kier alpha value is -1.56. The molecule has 3 N–H and O–H groups in total. The summed E-state index contributed by atoms with van der Waals surface area (Å²) in [5.74, 6) is 0. The molecule has 0 saturated heterocycles. The summed E-state index contributed by atoms with van der Waals surface area (Å²) in [4.78, 5) is 11.5. The number of hydrogen-bond acceptors (Lipinski definition) is 4. The lowest BCUT2D eigenvalue weighted by Crippen LogP contribution is -2.35. The molecule has 0 aromatic carbocycles. The fourth-order valence-corrected chi connectivity index (χ4v) is 1.92. The van der Waals surface area contributed by atoms with Gasteiger partial charge in [0.1, 0.15) is 0 Å². The lowest BCUT2D eigenvalue weighted by Gasteiger charge is -2.22. The highest BCUT2D eigenvalue weighted by Gasteiger charge is 2.27. The van der Waals surface area contributed by atoms with Gasteiger partial charge in [0.15, 0.2) is 0 Å². The summed E-state index contributed by atoms with van der Waals surface area (Å²) in [7, 11) is 1.86. The van der Waals surface area contributed by atoms with Gasteiger partial charge < -0.3 is 15.8 Å². The van der Waals surface area contributed by atoms with Gasteiger partial charge in [0.05, 0.1) is 18.3 Å². The molecule has 0 aliphatic heterocycles. The third-order valence-electron chi connectivity index (χ3n) is 2.75. The summed E-state index contributed by atoms with van der Waals surface area (Å²) in [5, 5.41) is 7.24. The minimum atomic E-state index is -0.457. The molecule has 6 nitrogen and oxygen atoms in total. The van der Waals surface area contributed by atoms with Crippen LogP contribution in [0.25, 0.3) is 0 Å². The van der Waals surface area contributed by atoms with Crippen molar-refractivity contribution in [2.45, 2.75) is 39.2 Å². The summed E-state index contributed by atoms with van der Waals surface area (Å²) in [6, 6.07) is -0.290. The molecule has 0 bridgehead atoms. The van der Waals surface area contributed by atoms with E-state index >= 15 is 0 Å². The molecule has 1 rings (SSSR count). The Morgan fingerprint density at radius 3 is 2.68 bits per heavy atom. The highest BCUT2D eigenvalue weighted by molar-refractivity contribution is 5.68. The van der Waals surface area contributed by atoms with E-state index in [9.17, 15) is 4.79 Å². The molecule has 0 saturated carbocycles. The third kappa shape index (κ3) is 3.96. The highest BCUT2D eigenvalue weighted by atomic mass is 16.5. The number of rotatable bonds is 4. The normalized spacial score (nSPS) is 13.2. The van der Waals surface area contributed by atoms with Gasteiger partial charge in [0.2, 0.25) is 0 Å². The Labute approximate surface area is 114 Å². The van der Waals surface area contributed by atoms with Crippen molar-refractivity contribution in [3.05, 3.63) is 17.5 Å². The van der Waals surface area contributed by atoms with E-state index < -0.39 is 6.09 Å². The molecule has 1 unspecified atom stereocenters. The first kappa shape index (κ1) is 15.5. The van der Waals surface area contributed by atoms with Crippen molar-refractivity contribution in [2.75, 3.05) is 13.2 Å². The Kier molecular flexibility index (Phi) is 4.94. The van der Waals surface area contributed by atoms with Gasteiger partial charge >= 0.3 is 6.09 Å². The number of carbonyl (C=O) groups is 1. The molecule has 0 aliphatic rings. The number of carbonyl (C=O) groups excluding carboxylic acids is 1. The first-order valence-corrected chi connectivity index (χ1v) is 6.47. The van der Waals surface area contributed by atoms with Crippen molar-refractivity contribution in [2.24, 2.45) is 12.8 Å². The monoisotopic (exact) mass is 268 g/mol. The Morgan fingerprint density at radius 2 is 2.21 bits per heavy atom. The molecule has 0 fully saturated rings. The van der Waals surface area contributed by atoms with E-state index in [0.29, 0.717) is 13.2 Å². The van der Waals surface area contributed by atoms with Crippen molar-refractivity contribution in [1.29, 1.82) is 0 Å². The van der Waals surface area contributed by atoms with Crippen LogP contribution in [0.4, 0.5) is 4.79 Å². The quantitative estimate of drug-likeness (QED) is 0.866. The lowest BCUT2D eigenvalue weighted by molar-refractivity contribution is 0.148. The van der Waals surface area contributed by atoms with Crippen molar-refractivity contribution in [3.8, 4) is 0 Å². The molecule has 1 amide bonds. The van der Waals surface area contributed by atoms with Crippen molar-refractivity contribution < 1.29 is 9.53 Å². The molecule has 108 valence electrons. The molecule has 1 aromatic rings. The van der Waals surface area contributed by atoms with Gasteiger partial charge in [-0.1, -0.05) is 20.8 Å². The largest absolute Gasteiger partial charge is 0.450 e. The van der Waals surface area contributed by atoms with Crippen LogP contribution in [0, 0.1) is 0 Å². The number of hydrogen-bond donors (Lipinski definition) is 2. The second kappa shape index (κ2) is 6.06. The maximum Gasteiger partial charge on any atom is 0.407 e. The average molecular weight is 268 g/mol. The number of ether oxygens (including phenoxy) is 1. The van der Waals surface area contributed by atoms with E-state index in [1.807, 2.05) is 13.2 Å². The second-order valence-electron chi connectivity index (χ2n) is 5.51. The molecule has 0 spiro atoms. The van der Waals surface area contributed by atoms with Gasteiger partial charge in [0.25, 0.3) is 0 Å². The van der Waals surface area contributed by atoms with Crippen molar-refractivity contribution in [1.82, 2.24) is 15.1 Å². The molecule has 19 heavy (non-hydrogen) atoms. The van der Waals surface area contributed by atoms with Crippen LogP contribution in [-0.2, 0) is 17.2 Å². The van der Waals surface area contributed by atoms with E-state index in [4.69, 9.17) is 10.5 Å². The predicted molar refractivity (Wildman–Crippen MR) is 73.9 cm³/mol. The van der Waals surface area contributed by atoms with Crippen LogP contribution in [0.2, 0.25) is 0 Å². The maximum absolute atomic E-state index is 11.5. The number of alkyl carbamates (subject to hydrolysis) is 1. The molecular weight excluding hydrogens is 244 g/mol. The maximum atomic E-state index is 11.5. The summed E-state index contributed by atoms with van der Waals surface area (Å²) in [6.07, 6.45) is 1.44. The zero-order chi connectivity index (χ0) is 14.6. The molecule has 0 aliphatic carbocycles. The number of aryl methyl sites for hydroxylation is 1. The average Bonchev–Trinajstić information content (AvgIpc) is 2.68. The second-order valence-corrected chi connectivity index (χ2v) is 5.51. The number of nitrogens with zero attached hydrogens (tertiary/aromatic N) is 2. The Bertz CT molecular complexity index is 434. The first-order valence-electron chi connectivity index (χ1n) is 6.47. The molecule has 1 aromatic heterocycles. The zero-order valence-corrected chi connectivity index (χ0v) is 12.4. The van der Waals surface area contributed by atoms with Crippen LogP contribution in [0.1, 0.15) is 45.0 Å². The van der Waals surface area contributed by atoms with E-state index in [1.54, 1.807) is 11.6 Å². The van der Waals surface area contributed by atoms with Crippen molar-refractivity contribution in [3.63, 3.8) is 0 Å². The van der Waals surface area contributed by atoms with Gasteiger partial charge in [-0.05, 0) is 6.92 Å². The molecule has 6 heteroatoms. The van der Waals surface area contributed by atoms with Crippen LogP contribution in [0.15, 0.2) is 6.20 Å². The summed E-state index contributed by atoms with van der Waals surface area (Å²) >= 11 is 0. The fourth-order valence-electron chi connectivity index (χ4n) is 1.92. The number of aromatic nitrogens is 2. The van der Waals surface area contributed by atoms with Crippen LogP contribution >= 0.6 is 0 Å². The topological polar surface area (TPSA) is 82.2 Å². The summed E-state index contributed by atoms with van der Waals surface area (Å²) < 4.78 is 6.64. The summed E-state index contributed by atoms with van der Waals surface area (Å²) in [5.41, 5.74) is 7.52. The van der Waals surface area contributed by atoms with Gasteiger partial charge in [-0.25, -0.2) is 4.79 Å². The minimum absolute atomic E-state index is 0.111. The van der Waals surface area contributed by atoms with Crippen LogP contribution in [0.3, 0.4) is 0 Å². The van der Waals surface area contributed by atoms with Gasteiger partial charge in [-0.3, -0.25) is 4.68 Å². The molecule has 0 radical (unpaired) electrons. The molecular formula is C13H24N4O2. The molecule has 1 heterocycles. The van der Waals surface area contributed by atoms with E-state index in [2.05, 4.69) is 31.2 Å². The number of nitrogens with two attached hydrogens (primary N) is 1. The van der Waals surface area contributed by atoms with Crippen LogP contribution < -0.4 is 11.1 Å². The SMILES string of the molecule is CCOC(=O)NC(CN)c1cn(C)nc1C(C)(C)C. The summed E-state index contributed by atoms with van der Waals surface area (Å²) in [6.45, 7) is 8.64. The van der Waals surface area contributed by atoms with Gasteiger partial charge in [-0.2, -0.15) is 5.10 Å². The van der Waals surface area contributed by atoms with E-state index in [1.165, 1.54) is 0 Å². The molecule has 1 atom stereocenters. The van der Waals surface area contributed by atoms with E-state index in [0.717, 1.165) is 11.3 Å². The minimum Gasteiger partial charge on any atom is -0.450 e. The number of nitrogens with one attached hydrogen (secondary N) is 1. The van der Waals surface area contributed by atoms with Crippen molar-refractivity contribution >= 4 is 6.09 Å². The Balaban J connectivity index is 3.01. The van der Waals surface area contributed by atoms with Crippen LogP contribution in [-0.4, -0.2) is 29.0 Å². The van der Waals surface area contributed by atoms with Gasteiger partial charge in [-0.15, -0.1) is 0 Å². The number of amides is 1. The first-order chi connectivity index (χ1) is 8.79. The smallest absolute Gasteiger partial charge is 0.407 e. The predicted octanol–water partition coefficient (Wildman–Crippen LogP) is 1.46. The third-order valence-corrected chi connectivity index (χ3v) is 2.75. The van der Waals surface area contributed by atoms with Crippen LogP contribution in [0.5, 0.6) is 0 Å². The standard InChI is InChI=1S/C13H24N4O2/c1-6-19-12(18)15-10(7-14)9-8-17(5)16-11(9)13(2,3)4/h8,10H,6-7,14H2,1-5H3,(H,15,18). The lowest BCUT2D eigenvalue weighted by atomic mass is 9.87. The van der Waals surface area contributed by atoms with E-state index in [-0.39, 0.29) is 11.5 Å². The fraction of sp³-hybridized carbons (Fsp3) is 0.692.